The molecule has 2 aromatic heterocycles. The van der Waals surface area contributed by atoms with Crippen LogP contribution in [0.25, 0.3) is 16.6 Å². The van der Waals surface area contributed by atoms with Crippen LogP contribution in [-0.2, 0) is 0 Å². The van der Waals surface area contributed by atoms with Gasteiger partial charge in [0.05, 0.1) is 22.2 Å². The summed E-state index contributed by atoms with van der Waals surface area (Å²) >= 11 is 9.71. The van der Waals surface area contributed by atoms with E-state index in [9.17, 15) is 4.79 Å². The second kappa shape index (κ2) is 8.40. The molecule has 0 atom stereocenters. The predicted octanol–water partition coefficient (Wildman–Crippen LogP) is 5.65. The highest BCUT2D eigenvalue weighted by molar-refractivity contribution is 9.10. The number of fused-ring (bicyclic) bond motifs is 3. The summed E-state index contributed by atoms with van der Waals surface area (Å²) in [5, 5.41) is 3.68. The summed E-state index contributed by atoms with van der Waals surface area (Å²) in [6.45, 7) is 2.87. The maximum absolute atomic E-state index is 12.8. The molecule has 1 aliphatic rings. The van der Waals surface area contributed by atoms with Crippen LogP contribution in [0.1, 0.15) is 6.42 Å². The lowest BCUT2D eigenvalue weighted by Gasteiger charge is -2.24. The Hall–Kier alpha value is -2.77. The zero-order valence-corrected chi connectivity index (χ0v) is 19.1. The van der Waals surface area contributed by atoms with E-state index in [1.807, 2.05) is 59.6 Å². The van der Waals surface area contributed by atoms with Crippen LogP contribution >= 0.6 is 27.5 Å². The maximum atomic E-state index is 12.8. The van der Waals surface area contributed by atoms with Crippen molar-refractivity contribution in [3.63, 3.8) is 0 Å². The summed E-state index contributed by atoms with van der Waals surface area (Å²) in [5.74, 6) is 0.924. The second-order valence-corrected chi connectivity index (χ2v) is 8.86. The molecular formula is C23H21BrClN5O. The van der Waals surface area contributed by atoms with Gasteiger partial charge < -0.3 is 19.5 Å². The van der Waals surface area contributed by atoms with Gasteiger partial charge in [-0.25, -0.2) is 9.78 Å². The fourth-order valence-corrected chi connectivity index (χ4v) is 4.61. The molecule has 0 spiro atoms. The number of urea groups is 1. The molecule has 0 aliphatic carbocycles. The van der Waals surface area contributed by atoms with Crippen LogP contribution in [0, 0.1) is 0 Å². The van der Waals surface area contributed by atoms with E-state index in [0.717, 1.165) is 45.5 Å². The average Bonchev–Trinajstić information content (AvgIpc) is 3.12. The van der Waals surface area contributed by atoms with Crippen LogP contribution in [0.4, 0.5) is 16.3 Å². The second-order valence-electron chi connectivity index (χ2n) is 7.57. The molecule has 2 amide bonds. The topological polar surface area (TPSA) is 52.9 Å². The van der Waals surface area contributed by atoms with Gasteiger partial charge in [-0.3, -0.25) is 0 Å². The van der Waals surface area contributed by atoms with Gasteiger partial charge in [-0.05, 0) is 64.8 Å². The first-order valence-corrected chi connectivity index (χ1v) is 11.4. The number of aromatic nitrogens is 2. The Morgan fingerprint density at radius 1 is 1.00 bits per heavy atom. The fourth-order valence-electron chi connectivity index (χ4n) is 4.06. The Morgan fingerprint density at radius 3 is 2.74 bits per heavy atom. The van der Waals surface area contributed by atoms with E-state index in [1.54, 1.807) is 0 Å². The number of anilines is 2. The van der Waals surface area contributed by atoms with Crippen molar-refractivity contribution in [1.82, 2.24) is 14.3 Å². The minimum absolute atomic E-state index is 0.0835. The van der Waals surface area contributed by atoms with Crippen molar-refractivity contribution < 1.29 is 4.79 Å². The van der Waals surface area contributed by atoms with Gasteiger partial charge in [-0.2, -0.15) is 0 Å². The number of benzene rings is 2. The van der Waals surface area contributed by atoms with Crippen molar-refractivity contribution in [2.24, 2.45) is 0 Å². The first kappa shape index (κ1) is 20.2. The molecule has 158 valence electrons. The number of carbonyl (C=O) groups is 1. The number of hydrogen-bond donors (Lipinski definition) is 1. The smallest absolute Gasteiger partial charge is 0.321 e. The number of rotatable bonds is 2. The van der Waals surface area contributed by atoms with Crippen molar-refractivity contribution in [2.45, 2.75) is 6.42 Å². The van der Waals surface area contributed by atoms with E-state index in [4.69, 9.17) is 16.6 Å². The molecule has 0 bridgehead atoms. The molecule has 31 heavy (non-hydrogen) atoms. The minimum Gasteiger partial charge on any atom is -0.353 e. The number of amides is 2. The van der Waals surface area contributed by atoms with Crippen molar-refractivity contribution in [3.05, 3.63) is 70.3 Å². The monoisotopic (exact) mass is 497 g/mol. The van der Waals surface area contributed by atoms with Gasteiger partial charge in [0.25, 0.3) is 0 Å². The molecule has 1 fully saturated rings. The molecule has 0 radical (unpaired) electrons. The zero-order valence-electron chi connectivity index (χ0n) is 16.8. The summed E-state index contributed by atoms with van der Waals surface area (Å²) in [6.07, 6.45) is 2.91. The molecule has 1 aliphatic heterocycles. The normalized spacial score (nSPS) is 14.8. The Bertz CT molecular complexity index is 1270. The number of halogens is 2. The van der Waals surface area contributed by atoms with Crippen LogP contribution < -0.4 is 10.2 Å². The van der Waals surface area contributed by atoms with E-state index in [2.05, 4.69) is 36.6 Å². The molecule has 4 aromatic rings. The lowest BCUT2D eigenvalue weighted by Crippen LogP contribution is -2.38. The van der Waals surface area contributed by atoms with E-state index < -0.39 is 0 Å². The van der Waals surface area contributed by atoms with Gasteiger partial charge in [-0.15, -0.1) is 0 Å². The number of nitrogens with zero attached hydrogens (tertiary/aromatic N) is 4. The first-order valence-electron chi connectivity index (χ1n) is 10.2. The van der Waals surface area contributed by atoms with Crippen molar-refractivity contribution >= 4 is 61.6 Å². The van der Waals surface area contributed by atoms with Crippen LogP contribution in [0.3, 0.4) is 0 Å². The van der Waals surface area contributed by atoms with Crippen LogP contribution in [0.15, 0.2) is 65.3 Å². The molecule has 0 unspecified atom stereocenters. The molecular weight excluding hydrogens is 478 g/mol. The van der Waals surface area contributed by atoms with Crippen molar-refractivity contribution in [2.75, 3.05) is 36.4 Å². The van der Waals surface area contributed by atoms with E-state index in [0.29, 0.717) is 24.7 Å². The highest BCUT2D eigenvalue weighted by Gasteiger charge is 2.22. The Morgan fingerprint density at radius 2 is 1.87 bits per heavy atom. The van der Waals surface area contributed by atoms with Gasteiger partial charge in [0.15, 0.2) is 5.82 Å². The van der Waals surface area contributed by atoms with Gasteiger partial charge in [-0.1, -0.05) is 23.7 Å². The third-order valence-electron chi connectivity index (χ3n) is 5.60. The minimum atomic E-state index is -0.0835. The lowest BCUT2D eigenvalue weighted by molar-refractivity contribution is 0.215. The van der Waals surface area contributed by atoms with Gasteiger partial charge in [0.2, 0.25) is 0 Å². The Kier molecular flexibility index (Phi) is 5.46. The third-order valence-corrected chi connectivity index (χ3v) is 6.53. The summed E-state index contributed by atoms with van der Waals surface area (Å²) in [5.41, 5.74) is 3.72. The molecule has 1 N–H and O–H groups in total. The van der Waals surface area contributed by atoms with Crippen LogP contribution in [0.5, 0.6) is 0 Å². The van der Waals surface area contributed by atoms with E-state index >= 15 is 0 Å². The molecule has 0 saturated carbocycles. The summed E-state index contributed by atoms with van der Waals surface area (Å²) in [7, 11) is 0. The van der Waals surface area contributed by atoms with E-state index in [-0.39, 0.29) is 6.03 Å². The standard InChI is InChI=1S/C23H21BrClN5O/c24-17-5-1-2-6-18(17)27-23(31)29-11-4-10-28(13-14-29)22-21-7-3-12-30(21)20-9-8-16(25)15-19(20)26-22/h1-3,5-9,12,15H,4,10-11,13-14H2,(H,27,31). The first-order chi connectivity index (χ1) is 15.1. The highest BCUT2D eigenvalue weighted by Crippen LogP contribution is 2.28. The molecule has 5 rings (SSSR count). The molecule has 3 heterocycles. The Balaban J connectivity index is 1.39. The molecule has 2 aromatic carbocycles. The van der Waals surface area contributed by atoms with Crippen molar-refractivity contribution in [1.29, 1.82) is 0 Å². The van der Waals surface area contributed by atoms with Gasteiger partial charge in [0, 0.05) is 41.9 Å². The van der Waals surface area contributed by atoms with E-state index in [1.165, 1.54) is 0 Å². The quantitative estimate of drug-likeness (QED) is 0.389. The zero-order chi connectivity index (χ0) is 21.4. The summed E-state index contributed by atoms with van der Waals surface area (Å²) in [4.78, 5) is 21.9. The average molecular weight is 499 g/mol. The Labute approximate surface area is 193 Å². The van der Waals surface area contributed by atoms with Crippen LogP contribution in [-0.4, -0.2) is 46.5 Å². The number of carbonyl (C=O) groups excluding carboxylic acids is 1. The van der Waals surface area contributed by atoms with Crippen LogP contribution in [0.2, 0.25) is 5.02 Å². The largest absolute Gasteiger partial charge is 0.353 e. The molecule has 6 nitrogen and oxygen atoms in total. The summed E-state index contributed by atoms with van der Waals surface area (Å²) in [6, 6.07) is 17.5. The lowest BCUT2D eigenvalue weighted by atomic mass is 10.2. The third kappa shape index (κ3) is 3.95. The highest BCUT2D eigenvalue weighted by atomic mass is 79.9. The number of nitrogens with one attached hydrogen (secondary N) is 1. The maximum Gasteiger partial charge on any atom is 0.321 e. The summed E-state index contributed by atoms with van der Waals surface area (Å²) < 4.78 is 3.02. The predicted molar refractivity (Wildman–Crippen MR) is 129 cm³/mol. The number of para-hydroxylation sites is 1. The molecule has 8 heteroatoms. The fraction of sp³-hybridized carbons (Fsp3) is 0.217. The molecule has 1 saturated heterocycles. The van der Waals surface area contributed by atoms with Gasteiger partial charge in [0.1, 0.15) is 0 Å². The SMILES string of the molecule is O=C(Nc1ccccc1Br)N1CCCN(c2nc3cc(Cl)ccc3n3cccc23)CC1. The van der Waals surface area contributed by atoms with Gasteiger partial charge >= 0.3 is 6.03 Å². The van der Waals surface area contributed by atoms with Crippen molar-refractivity contribution in [3.8, 4) is 0 Å². The number of hydrogen-bond acceptors (Lipinski definition) is 3.